The van der Waals surface area contributed by atoms with Crippen LogP contribution in [0.1, 0.15) is 19.5 Å². The maximum Gasteiger partial charge on any atom is 0.226 e. The van der Waals surface area contributed by atoms with Gasteiger partial charge in [0.15, 0.2) is 0 Å². The standard InChI is InChI=1S/C13H19N5O/c1-10(2)19-12-8-11(3)16-13(17-12)15-5-7-18-6-4-14-9-18/h4,6,8-10H,5,7H2,1-3H3,(H,15,16,17). The van der Waals surface area contributed by atoms with Gasteiger partial charge in [-0.05, 0) is 20.8 Å². The molecule has 0 radical (unpaired) electrons. The molecule has 0 saturated heterocycles. The summed E-state index contributed by atoms with van der Waals surface area (Å²) < 4.78 is 7.58. The number of nitrogens with one attached hydrogen (secondary N) is 1. The van der Waals surface area contributed by atoms with Crippen molar-refractivity contribution in [1.82, 2.24) is 19.5 Å². The van der Waals surface area contributed by atoms with Crippen LogP contribution in [0, 0.1) is 6.92 Å². The smallest absolute Gasteiger partial charge is 0.226 e. The minimum Gasteiger partial charge on any atom is -0.475 e. The summed E-state index contributed by atoms with van der Waals surface area (Å²) in [7, 11) is 0. The number of hydrogen-bond donors (Lipinski definition) is 1. The minimum atomic E-state index is 0.105. The summed E-state index contributed by atoms with van der Waals surface area (Å²) in [4.78, 5) is 12.6. The van der Waals surface area contributed by atoms with Crippen molar-refractivity contribution in [2.45, 2.75) is 33.4 Å². The molecule has 19 heavy (non-hydrogen) atoms. The molecular formula is C13H19N5O. The Morgan fingerprint density at radius 2 is 2.21 bits per heavy atom. The highest BCUT2D eigenvalue weighted by molar-refractivity contribution is 5.30. The lowest BCUT2D eigenvalue weighted by Crippen LogP contribution is -2.13. The molecule has 6 heteroatoms. The van der Waals surface area contributed by atoms with Crippen LogP contribution in [0.3, 0.4) is 0 Å². The highest BCUT2D eigenvalue weighted by Gasteiger charge is 2.04. The van der Waals surface area contributed by atoms with Crippen LogP contribution in [-0.4, -0.2) is 32.2 Å². The molecular weight excluding hydrogens is 242 g/mol. The normalized spacial score (nSPS) is 10.7. The van der Waals surface area contributed by atoms with Crippen LogP contribution >= 0.6 is 0 Å². The van der Waals surface area contributed by atoms with E-state index in [9.17, 15) is 0 Å². The van der Waals surface area contributed by atoms with Crippen LogP contribution in [0.4, 0.5) is 5.95 Å². The van der Waals surface area contributed by atoms with Crippen LogP contribution in [0.5, 0.6) is 5.88 Å². The third kappa shape index (κ3) is 4.24. The van der Waals surface area contributed by atoms with Gasteiger partial charge < -0.3 is 14.6 Å². The molecule has 0 aliphatic carbocycles. The van der Waals surface area contributed by atoms with E-state index in [1.165, 1.54) is 0 Å². The summed E-state index contributed by atoms with van der Waals surface area (Å²) in [5, 5.41) is 3.19. The van der Waals surface area contributed by atoms with E-state index in [0.29, 0.717) is 11.8 Å². The number of aryl methyl sites for hydroxylation is 1. The summed E-state index contributed by atoms with van der Waals surface area (Å²) in [6.45, 7) is 7.43. The first-order chi connectivity index (χ1) is 9.13. The van der Waals surface area contributed by atoms with Crippen molar-refractivity contribution in [3.63, 3.8) is 0 Å². The van der Waals surface area contributed by atoms with E-state index < -0.39 is 0 Å². The predicted molar refractivity (Wildman–Crippen MR) is 73.2 cm³/mol. The summed E-state index contributed by atoms with van der Waals surface area (Å²) in [5.74, 6) is 1.20. The van der Waals surface area contributed by atoms with Crippen molar-refractivity contribution in [3.05, 3.63) is 30.5 Å². The molecule has 2 rings (SSSR count). The van der Waals surface area contributed by atoms with E-state index in [1.54, 1.807) is 12.5 Å². The van der Waals surface area contributed by atoms with Crippen LogP contribution in [0.15, 0.2) is 24.8 Å². The minimum absolute atomic E-state index is 0.105. The van der Waals surface area contributed by atoms with E-state index in [4.69, 9.17) is 4.74 Å². The number of aromatic nitrogens is 4. The Hall–Kier alpha value is -2.11. The molecule has 2 aromatic heterocycles. The molecule has 0 atom stereocenters. The molecule has 102 valence electrons. The van der Waals surface area contributed by atoms with E-state index in [-0.39, 0.29) is 6.10 Å². The van der Waals surface area contributed by atoms with Gasteiger partial charge in [0.25, 0.3) is 0 Å². The highest BCUT2D eigenvalue weighted by atomic mass is 16.5. The van der Waals surface area contributed by atoms with Crippen LogP contribution < -0.4 is 10.1 Å². The van der Waals surface area contributed by atoms with Gasteiger partial charge in [0, 0.05) is 37.2 Å². The molecule has 0 aromatic carbocycles. The topological polar surface area (TPSA) is 64.9 Å². The fourth-order valence-corrected chi connectivity index (χ4v) is 1.64. The lowest BCUT2D eigenvalue weighted by Gasteiger charge is -2.11. The van der Waals surface area contributed by atoms with E-state index in [0.717, 1.165) is 18.8 Å². The van der Waals surface area contributed by atoms with Gasteiger partial charge in [0.05, 0.1) is 12.4 Å². The molecule has 0 fully saturated rings. The molecule has 2 heterocycles. The summed E-state index contributed by atoms with van der Waals surface area (Å²) in [6, 6.07) is 1.83. The summed E-state index contributed by atoms with van der Waals surface area (Å²) in [6.07, 6.45) is 5.57. The Morgan fingerprint density at radius 3 is 2.89 bits per heavy atom. The number of imidazole rings is 1. The van der Waals surface area contributed by atoms with Crippen molar-refractivity contribution in [1.29, 1.82) is 0 Å². The molecule has 0 aliphatic heterocycles. The van der Waals surface area contributed by atoms with Gasteiger partial charge in [-0.2, -0.15) is 4.98 Å². The van der Waals surface area contributed by atoms with Gasteiger partial charge in [-0.15, -0.1) is 0 Å². The number of ether oxygens (including phenoxy) is 1. The van der Waals surface area contributed by atoms with Crippen molar-refractivity contribution in [2.75, 3.05) is 11.9 Å². The monoisotopic (exact) mass is 261 g/mol. The quantitative estimate of drug-likeness (QED) is 0.860. The second-order valence-electron chi connectivity index (χ2n) is 4.57. The van der Waals surface area contributed by atoms with Crippen LogP contribution in [0.2, 0.25) is 0 Å². The van der Waals surface area contributed by atoms with Crippen LogP contribution in [0.25, 0.3) is 0 Å². The summed E-state index contributed by atoms with van der Waals surface area (Å²) in [5.41, 5.74) is 0.885. The average molecular weight is 261 g/mol. The molecule has 6 nitrogen and oxygen atoms in total. The Kier molecular flexibility index (Phi) is 4.33. The number of anilines is 1. The van der Waals surface area contributed by atoms with Crippen LogP contribution in [-0.2, 0) is 6.54 Å². The number of hydrogen-bond acceptors (Lipinski definition) is 5. The number of nitrogens with zero attached hydrogens (tertiary/aromatic N) is 4. The molecule has 0 spiro atoms. The lowest BCUT2D eigenvalue weighted by molar-refractivity contribution is 0.232. The molecule has 0 aliphatic rings. The fraction of sp³-hybridized carbons (Fsp3) is 0.462. The molecule has 2 aromatic rings. The largest absolute Gasteiger partial charge is 0.475 e. The zero-order chi connectivity index (χ0) is 13.7. The summed E-state index contributed by atoms with van der Waals surface area (Å²) >= 11 is 0. The van der Waals surface area contributed by atoms with Crippen molar-refractivity contribution < 1.29 is 4.74 Å². The van der Waals surface area contributed by atoms with Gasteiger partial charge in [0.2, 0.25) is 11.8 Å². The molecule has 1 N–H and O–H groups in total. The molecule has 0 bridgehead atoms. The third-order valence-corrected chi connectivity index (χ3v) is 2.40. The SMILES string of the molecule is Cc1cc(OC(C)C)nc(NCCn2ccnc2)n1. The Balaban J connectivity index is 1.93. The average Bonchev–Trinajstić information content (AvgIpc) is 2.80. The Bertz CT molecular complexity index is 510. The Labute approximate surface area is 112 Å². The maximum atomic E-state index is 5.58. The predicted octanol–water partition coefficient (Wildman–Crippen LogP) is 1.88. The maximum absolute atomic E-state index is 5.58. The van der Waals surface area contributed by atoms with Crippen molar-refractivity contribution in [3.8, 4) is 5.88 Å². The third-order valence-electron chi connectivity index (χ3n) is 2.40. The van der Waals surface area contributed by atoms with Gasteiger partial charge >= 0.3 is 0 Å². The first-order valence-electron chi connectivity index (χ1n) is 6.35. The first-order valence-corrected chi connectivity index (χ1v) is 6.35. The van der Waals surface area contributed by atoms with E-state index in [2.05, 4.69) is 20.3 Å². The molecule has 0 saturated carbocycles. The van der Waals surface area contributed by atoms with Gasteiger partial charge in [-0.25, -0.2) is 9.97 Å². The Morgan fingerprint density at radius 1 is 1.37 bits per heavy atom. The second kappa shape index (κ2) is 6.17. The van der Waals surface area contributed by atoms with Gasteiger partial charge in [-0.1, -0.05) is 0 Å². The fourth-order valence-electron chi connectivity index (χ4n) is 1.64. The van der Waals surface area contributed by atoms with E-state index in [1.807, 2.05) is 37.6 Å². The zero-order valence-electron chi connectivity index (χ0n) is 11.5. The second-order valence-corrected chi connectivity index (χ2v) is 4.57. The van der Waals surface area contributed by atoms with E-state index >= 15 is 0 Å². The van der Waals surface area contributed by atoms with Crippen molar-refractivity contribution >= 4 is 5.95 Å². The highest BCUT2D eigenvalue weighted by Crippen LogP contribution is 2.13. The zero-order valence-corrected chi connectivity index (χ0v) is 11.5. The lowest BCUT2D eigenvalue weighted by atomic mass is 10.4. The molecule has 0 unspecified atom stereocenters. The van der Waals surface area contributed by atoms with Crippen molar-refractivity contribution in [2.24, 2.45) is 0 Å². The first kappa shape index (κ1) is 13.3. The van der Waals surface area contributed by atoms with Gasteiger partial charge in [0.1, 0.15) is 0 Å². The molecule has 0 amide bonds. The van der Waals surface area contributed by atoms with Gasteiger partial charge in [-0.3, -0.25) is 0 Å². The number of rotatable bonds is 6.